The van der Waals surface area contributed by atoms with E-state index < -0.39 is 0 Å². The molecule has 0 atom stereocenters. The van der Waals surface area contributed by atoms with Gasteiger partial charge in [0.25, 0.3) is 0 Å². The Labute approximate surface area is 141 Å². The van der Waals surface area contributed by atoms with Crippen LogP contribution in [0.4, 0.5) is 11.8 Å². The molecule has 1 fully saturated rings. The Morgan fingerprint density at radius 1 is 1.04 bits per heavy atom. The molecule has 0 radical (unpaired) electrons. The quantitative estimate of drug-likeness (QED) is 0.801. The van der Waals surface area contributed by atoms with Gasteiger partial charge in [0, 0.05) is 17.6 Å². The number of rotatable bonds is 5. The monoisotopic (exact) mass is 331 g/mol. The first-order valence-corrected chi connectivity index (χ1v) is 8.62. The van der Waals surface area contributed by atoms with E-state index in [2.05, 4.69) is 25.8 Å². The summed E-state index contributed by atoms with van der Waals surface area (Å²) in [5.41, 5.74) is 1.13. The van der Waals surface area contributed by atoms with Gasteiger partial charge < -0.3 is 10.6 Å². The lowest BCUT2D eigenvalue weighted by atomic mass is 10.1. The third-order valence-electron chi connectivity index (χ3n) is 4.13. The number of anilines is 2. The van der Waals surface area contributed by atoms with Gasteiger partial charge in [-0.2, -0.15) is 10.1 Å². The average molecular weight is 332 g/mol. The van der Waals surface area contributed by atoms with Crippen molar-refractivity contribution in [1.29, 1.82) is 0 Å². The Kier molecular flexibility index (Phi) is 5.64. The molecule has 1 aromatic carbocycles. The smallest absolute Gasteiger partial charge is 0.244 e. The molecule has 1 aliphatic rings. The predicted octanol–water partition coefficient (Wildman–Crippen LogP) is 4.27. The maximum Gasteiger partial charge on any atom is 0.244 e. The molecule has 0 bridgehead atoms. The van der Waals surface area contributed by atoms with Crippen LogP contribution in [0, 0.1) is 0 Å². The molecule has 1 aliphatic carbocycles. The van der Waals surface area contributed by atoms with Crippen LogP contribution >= 0.6 is 11.6 Å². The van der Waals surface area contributed by atoms with Crippen LogP contribution in [0.15, 0.2) is 30.5 Å². The summed E-state index contributed by atoms with van der Waals surface area (Å²) in [6.07, 6.45) is 9.37. The molecule has 0 amide bonds. The second kappa shape index (κ2) is 8.11. The second-order valence-electron chi connectivity index (χ2n) is 5.98. The lowest BCUT2D eigenvalue weighted by Gasteiger charge is -2.16. The SMILES string of the molecule is Clc1ccc(CNc2nncc(NC3CCCCCC3)n2)cc1. The third kappa shape index (κ3) is 5.06. The van der Waals surface area contributed by atoms with E-state index in [0.717, 1.165) is 16.4 Å². The highest BCUT2D eigenvalue weighted by molar-refractivity contribution is 6.30. The van der Waals surface area contributed by atoms with Crippen molar-refractivity contribution in [3.05, 3.63) is 41.0 Å². The van der Waals surface area contributed by atoms with Crippen LogP contribution in [0.3, 0.4) is 0 Å². The molecule has 3 rings (SSSR count). The predicted molar refractivity (Wildman–Crippen MR) is 93.7 cm³/mol. The Morgan fingerprint density at radius 3 is 2.52 bits per heavy atom. The fourth-order valence-electron chi connectivity index (χ4n) is 2.86. The summed E-state index contributed by atoms with van der Waals surface area (Å²) in [6, 6.07) is 8.22. The fraction of sp³-hybridized carbons (Fsp3) is 0.471. The molecule has 0 unspecified atom stereocenters. The zero-order valence-corrected chi connectivity index (χ0v) is 13.9. The van der Waals surface area contributed by atoms with E-state index in [1.807, 2.05) is 24.3 Å². The average Bonchev–Trinajstić information content (AvgIpc) is 2.83. The van der Waals surface area contributed by atoms with Crippen LogP contribution in [0.2, 0.25) is 5.02 Å². The van der Waals surface area contributed by atoms with Crippen molar-refractivity contribution in [1.82, 2.24) is 15.2 Å². The largest absolute Gasteiger partial charge is 0.366 e. The van der Waals surface area contributed by atoms with Crippen LogP contribution < -0.4 is 10.6 Å². The highest BCUT2D eigenvalue weighted by Gasteiger charge is 2.13. The number of hydrogen-bond acceptors (Lipinski definition) is 5. The molecule has 0 saturated heterocycles. The lowest BCUT2D eigenvalue weighted by Crippen LogP contribution is -2.19. The van der Waals surface area contributed by atoms with Crippen molar-refractivity contribution in [3.63, 3.8) is 0 Å². The molecule has 0 spiro atoms. The number of halogens is 1. The van der Waals surface area contributed by atoms with Gasteiger partial charge in [-0.3, -0.25) is 0 Å². The minimum absolute atomic E-state index is 0.498. The van der Waals surface area contributed by atoms with E-state index in [4.69, 9.17) is 11.6 Å². The van der Waals surface area contributed by atoms with Crippen molar-refractivity contribution in [2.45, 2.75) is 51.1 Å². The molecule has 1 heterocycles. The van der Waals surface area contributed by atoms with Crippen molar-refractivity contribution in [3.8, 4) is 0 Å². The molecule has 23 heavy (non-hydrogen) atoms. The highest BCUT2D eigenvalue weighted by atomic mass is 35.5. The van der Waals surface area contributed by atoms with Gasteiger partial charge in [0.15, 0.2) is 5.82 Å². The topological polar surface area (TPSA) is 62.7 Å². The molecule has 0 aliphatic heterocycles. The zero-order valence-electron chi connectivity index (χ0n) is 13.1. The minimum atomic E-state index is 0.498. The molecule has 1 saturated carbocycles. The molecule has 2 N–H and O–H groups in total. The van der Waals surface area contributed by atoms with Crippen LogP contribution in [0.5, 0.6) is 0 Å². The van der Waals surface area contributed by atoms with E-state index in [1.165, 1.54) is 38.5 Å². The summed E-state index contributed by atoms with van der Waals surface area (Å²) in [5.74, 6) is 1.34. The number of nitrogens with one attached hydrogen (secondary N) is 2. The van der Waals surface area contributed by atoms with Gasteiger partial charge in [-0.25, -0.2) is 0 Å². The Hall–Kier alpha value is -1.88. The molecule has 1 aromatic heterocycles. The van der Waals surface area contributed by atoms with Gasteiger partial charge in [0.2, 0.25) is 5.95 Å². The van der Waals surface area contributed by atoms with Gasteiger partial charge in [-0.1, -0.05) is 49.4 Å². The van der Waals surface area contributed by atoms with Crippen LogP contribution in [0.1, 0.15) is 44.1 Å². The Bertz CT molecular complexity index is 609. The molecular weight excluding hydrogens is 310 g/mol. The van der Waals surface area contributed by atoms with E-state index in [1.54, 1.807) is 6.20 Å². The number of nitrogens with zero attached hydrogens (tertiary/aromatic N) is 3. The summed E-state index contributed by atoms with van der Waals surface area (Å²) in [7, 11) is 0. The molecular formula is C17H22ClN5. The minimum Gasteiger partial charge on any atom is -0.366 e. The van der Waals surface area contributed by atoms with Gasteiger partial charge >= 0.3 is 0 Å². The van der Waals surface area contributed by atoms with Crippen LogP contribution in [0.25, 0.3) is 0 Å². The summed E-state index contributed by atoms with van der Waals surface area (Å²) in [4.78, 5) is 4.51. The van der Waals surface area contributed by atoms with E-state index in [0.29, 0.717) is 18.5 Å². The van der Waals surface area contributed by atoms with Crippen molar-refractivity contribution >= 4 is 23.4 Å². The van der Waals surface area contributed by atoms with Gasteiger partial charge in [0.05, 0.1) is 6.20 Å². The van der Waals surface area contributed by atoms with Gasteiger partial charge in [0.1, 0.15) is 0 Å². The number of benzene rings is 1. The van der Waals surface area contributed by atoms with Crippen LogP contribution in [-0.2, 0) is 6.54 Å². The fourth-order valence-corrected chi connectivity index (χ4v) is 2.99. The Morgan fingerprint density at radius 2 is 1.78 bits per heavy atom. The zero-order chi connectivity index (χ0) is 15.9. The van der Waals surface area contributed by atoms with Crippen molar-refractivity contribution in [2.75, 3.05) is 10.6 Å². The highest BCUT2D eigenvalue weighted by Crippen LogP contribution is 2.20. The van der Waals surface area contributed by atoms with E-state index in [9.17, 15) is 0 Å². The van der Waals surface area contributed by atoms with E-state index in [-0.39, 0.29) is 0 Å². The van der Waals surface area contributed by atoms with Crippen molar-refractivity contribution in [2.24, 2.45) is 0 Å². The first-order valence-electron chi connectivity index (χ1n) is 8.24. The molecule has 5 nitrogen and oxygen atoms in total. The van der Waals surface area contributed by atoms with Gasteiger partial charge in [-0.15, -0.1) is 5.10 Å². The standard InChI is InChI=1S/C17H22ClN5/c18-14-9-7-13(8-10-14)11-19-17-22-16(12-20-23-17)21-15-5-3-1-2-4-6-15/h7-10,12,15H,1-6,11H2,(H2,19,21,22,23). The first-order chi connectivity index (χ1) is 11.3. The summed E-state index contributed by atoms with van der Waals surface area (Å²) >= 11 is 5.89. The summed E-state index contributed by atoms with van der Waals surface area (Å²) in [6.45, 7) is 0.645. The first kappa shape index (κ1) is 16.0. The second-order valence-corrected chi connectivity index (χ2v) is 6.41. The third-order valence-corrected chi connectivity index (χ3v) is 4.38. The molecule has 6 heteroatoms. The molecule has 2 aromatic rings. The lowest BCUT2D eigenvalue weighted by molar-refractivity contribution is 0.616. The number of hydrogen-bond donors (Lipinski definition) is 2. The Balaban J connectivity index is 1.57. The van der Waals surface area contributed by atoms with Gasteiger partial charge in [-0.05, 0) is 30.5 Å². The maximum atomic E-state index is 5.89. The normalized spacial score (nSPS) is 15.9. The van der Waals surface area contributed by atoms with E-state index >= 15 is 0 Å². The van der Waals surface area contributed by atoms with Crippen molar-refractivity contribution < 1.29 is 0 Å². The van der Waals surface area contributed by atoms with Crippen LogP contribution in [-0.4, -0.2) is 21.2 Å². The summed E-state index contributed by atoms with van der Waals surface area (Å²) < 4.78 is 0. The maximum absolute atomic E-state index is 5.89. The summed E-state index contributed by atoms with van der Waals surface area (Å²) in [5, 5.41) is 15.5. The number of aromatic nitrogens is 3. The molecule has 122 valence electrons.